The highest BCUT2D eigenvalue weighted by molar-refractivity contribution is 5.78. The Morgan fingerprint density at radius 1 is 1.21 bits per heavy atom. The molecule has 0 aliphatic rings. The fraction of sp³-hybridized carbons (Fsp3) is 0.438. The molecule has 0 amide bonds. The summed E-state index contributed by atoms with van der Waals surface area (Å²) in [6.07, 6.45) is 4.17. The van der Waals surface area contributed by atoms with E-state index in [0.717, 1.165) is 38.2 Å². The van der Waals surface area contributed by atoms with Crippen molar-refractivity contribution in [1.82, 2.24) is 10.3 Å². The van der Waals surface area contributed by atoms with Crippen molar-refractivity contribution in [2.45, 2.75) is 26.3 Å². The molecule has 3 nitrogen and oxygen atoms in total. The van der Waals surface area contributed by atoms with Crippen LogP contribution < -0.4 is 5.32 Å². The molecule has 2 rings (SSSR count). The van der Waals surface area contributed by atoms with Crippen molar-refractivity contribution in [3.63, 3.8) is 0 Å². The molecule has 1 aromatic carbocycles. The van der Waals surface area contributed by atoms with E-state index in [1.807, 2.05) is 12.3 Å². The third-order valence-electron chi connectivity index (χ3n) is 3.06. The van der Waals surface area contributed by atoms with Crippen molar-refractivity contribution in [3.05, 3.63) is 42.1 Å². The summed E-state index contributed by atoms with van der Waals surface area (Å²) < 4.78 is 5.51. The van der Waals surface area contributed by atoms with Gasteiger partial charge in [0, 0.05) is 31.3 Å². The second-order valence-electron chi connectivity index (χ2n) is 4.67. The van der Waals surface area contributed by atoms with Gasteiger partial charge in [0.25, 0.3) is 0 Å². The molecule has 3 heteroatoms. The number of hydrogen-bond donors (Lipinski definition) is 1. The van der Waals surface area contributed by atoms with E-state index in [9.17, 15) is 0 Å². The zero-order chi connectivity index (χ0) is 13.3. The fourth-order valence-corrected chi connectivity index (χ4v) is 1.96. The lowest BCUT2D eigenvalue weighted by molar-refractivity contribution is 0.133. The minimum Gasteiger partial charge on any atom is -0.380 e. The van der Waals surface area contributed by atoms with Crippen LogP contribution in [0, 0.1) is 0 Å². The van der Waals surface area contributed by atoms with Gasteiger partial charge in [0.15, 0.2) is 0 Å². The van der Waals surface area contributed by atoms with E-state index in [4.69, 9.17) is 4.74 Å². The molecule has 2 aromatic rings. The smallest absolute Gasteiger partial charge is 0.0702 e. The number of aromatic nitrogens is 1. The quantitative estimate of drug-likeness (QED) is 0.739. The topological polar surface area (TPSA) is 34.1 Å². The first-order chi connectivity index (χ1) is 9.40. The summed E-state index contributed by atoms with van der Waals surface area (Å²) in [5, 5.41) is 4.59. The monoisotopic (exact) mass is 258 g/mol. The molecule has 0 spiro atoms. The van der Waals surface area contributed by atoms with Crippen molar-refractivity contribution in [2.24, 2.45) is 0 Å². The lowest BCUT2D eigenvalue weighted by Crippen LogP contribution is -2.19. The molecule has 0 aliphatic carbocycles. The Morgan fingerprint density at radius 2 is 2.16 bits per heavy atom. The molecular formula is C16H22N2O. The summed E-state index contributed by atoms with van der Waals surface area (Å²) >= 11 is 0. The normalized spacial score (nSPS) is 11.0. The van der Waals surface area contributed by atoms with Crippen molar-refractivity contribution >= 4 is 10.9 Å². The van der Waals surface area contributed by atoms with Gasteiger partial charge in [-0.05, 0) is 30.2 Å². The maximum absolute atomic E-state index is 5.51. The van der Waals surface area contributed by atoms with Crippen LogP contribution in [0.1, 0.15) is 25.3 Å². The van der Waals surface area contributed by atoms with E-state index in [-0.39, 0.29) is 0 Å². The van der Waals surface area contributed by atoms with Gasteiger partial charge < -0.3 is 10.1 Å². The van der Waals surface area contributed by atoms with E-state index >= 15 is 0 Å². The predicted octanol–water partition coefficient (Wildman–Crippen LogP) is 3.14. The fourth-order valence-electron chi connectivity index (χ4n) is 1.96. The molecule has 1 heterocycles. The number of benzene rings is 1. The Labute approximate surface area is 115 Å². The van der Waals surface area contributed by atoms with Gasteiger partial charge >= 0.3 is 0 Å². The van der Waals surface area contributed by atoms with Crippen molar-refractivity contribution < 1.29 is 4.74 Å². The molecule has 0 bridgehead atoms. The van der Waals surface area contributed by atoms with Crippen LogP contribution in [0.2, 0.25) is 0 Å². The molecule has 0 atom stereocenters. The maximum atomic E-state index is 5.51. The highest BCUT2D eigenvalue weighted by atomic mass is 16.5. The highest BCUT2D eigenvalue weighted by Gasteiger charge is 1.97. The Bertz CT molecular complexity index is 499. The summed E-state index contributed by atoms with van der Waals surface area (Å²) in [4.78, 5) is 4.32. The average Bonchev–Trinajstić information content (AvgIpc) is 2.46. The number of nitrogens with zero attached hydrogens (tertiary/aromatic N) is 1. The van der Waals surface area contributed by atoms with E-state index in [2.05, 4.69) is 41.5 Å². The van der Waals surface area contributed by atoms with Crippen LogP contribution in [0.5, 0.6) is 0 Å². The minimum atomic E-state index is 0.787. The van der Waals surface area contributed by atoms with Crippen LogP contribution >= 0.6 is 0 Å². The van der Waals surface area contributed by atoms with Crippen molar-refractivity contribution in [2.75, 3.05) is 19.8 Å². The Balaban J connectivity index is 1.72. The molecule has 0 saturated heterocycles. The summed E-state index contributed by atoms with van der Waals surface area (Å²) in [6, 6.07) is 10.5. The molecule has 1 aromatic heterocycles. The second-order valence-corrected chi connectivity index (χ2v) is 4.67. The van der Waals surface area contributed by atoms with Gasteiger partial charge in [-0.1, -0.05) is 25.5 Å². The second kappa shape index (κ2) is 7.87. The number of nitrogens with one attached hydrogen (secondary N) is 1. The van der Waals surface area contributed by atoms with Gasteiger partial charge in [-0.15, -0.1) is 0 Å². The number of rotatable bonds is 8. The SMILES string of the molecule is CCCCOCCNCc1ccc2ncccc2c1. The zero-order valence-corrected chi connectivity index (χ0v) is 11.6. The summed E-state index contributed by atoms with van der Waals surface area (Å²) in [6.45, 7) is 5.61. The highest BCUT2D eigenvalue weighted by Crippen LogP contribution is 2.12. The minimum absolute atomic E-state index is 0.787. The molecule has 0 aliphatic heterocycles. The molecule has 102 valence electrons. The van der Waals surface area contributed by atoms with Crippen LogP contribution in [0.4, 0.5) is 0 Å². The van der Waals surface area contributed by atoms with Gasteiger partial charge in [-0.3, -0.25) is 4.98 Å². The Morgan fingerprint density at radius 3 is 3.05 bits per heavy atom. The first-order valence-corrected chi connectivity index (χ1v) is 7.02. The standard InChI is InChI=1S/C16H22N2O/c1-2-3-10-19-11-9-17-13-14-6-7-16-15(12-14)5-4-8-18-16/h4-8,12,17H,2-3,9-11,13H2,1H3. The van der Waals surface area contributed by atoms with Crippen molar-refractivity contribution in [1.29, 1.82) is 0 Å². The molecule has 0 fully saturated rings. The van der Waals surface area contributed by atoms with Crippen molar-refractivity contribution in [3.8, 4) is 0 Å². The van der Waals surface area contributed by atoms with Gasteiger partial charge in [-0.25, -0.2) is 0 Å². The Kier molecular flexibility index (Phi) is 5.79. The van der Waals surface area contributed by atoms with Crippen LogP contribution in [-0.4, -0.2) is 24.7 Å². The average molecular weight is 258 g/mol. The van der Waals surface area contributed by atoms with E-state index in [1.54, 1.807) is 0 Å². The Hall–Kier alpha value is -1.45. The van der Waals surface area contributed by atoms with Crippen LogP contribution in [0.3, 0.4) is 0 Å². The van der Waals surface area contributed by atoms with Gasteiger partial charge in [-0.2, -0.15) is 0 Å². The van der Waals surface area contributed by atoms with E-state index in [1.165, 1.54) is 17.4 Å². The lowest BCUT2D eigenvalue weighted by atomic mass is 10.1. The van der Waals surface area contributed by atoms with E-state index in [0.29, 0.717) is 0 Å². The zero-order valence-electron chi connectivity index (χ0n) is 11.6. The maximum Gasteiger partial charge on any atom is 0.0702 e. The van der Waals surface area contributed by atoms with Crippen LogP contribution in [-0.2, 0) is 11.3 Å². The third-order valence-corrected chi connectivity index (χ3v) is 3.06. The van der Waals surface area contributed by atoms with E-state index < -0.39 is 0 Å². The third kappa shape index (κ3) is 4.62. The summed E-state index contributed by atoms with van der Waals surface area (Å²) in [5.41, 5.74) is 2.34. The van der Waals surface area contributed by atoms with Gasteiger partial charge in [0.1, 0.15) is 0 Å². The molecule has 0 unspecified atom stereocenters. The number of fused-ring (bicyclic) bond motifs is 1. The molecule has 1 N–H and O–H groups in total. The predicted molar refractivity (Wildman–Crippen MR) is 79.2 cm³/mol. The van der Waals surface area contributed by atoms with Gasteiger partial charge in [0.2, 0.25) is 0 Å². The largest absolute Gasteiger partial charge is 0.380 e. The number of pyridine rings is 1. The molecule has 19 heavy (non-hydrogen) atoms. The summed E-state index contributed by atoms with van der Waals surface area (Å²) in [7, 11) is 0. The molecule has 0 radical (unpaired) electrons. The first-order valence-electron chi connectivity index (χ1n) is 7.02. The number of ether oxygens (including phenoxy) is 1. The molecular weight excluding hydrogens is 236 g/mol. The summed E-state index contributed by atoms with van der Waals surface area (Å²) in [5.74, 6) is 0. The number of unbranched alkanes of at least 4 members (excludes halogenated alkanes) is 1. The first kappa shape index (κ1) is 14.0. The van der Waals surface area contributed by atoms with Crippen LogP contribution in [0.15, 0.2) is 36.5 Å². The molecule has 0 saturated carbocycles. The lowest BCUT2D eigenvalue weighted by Gasteiger charge is -2.07. The van der Waals surface area contributed by atoms with Crippen LogP contribution in [0.25, 0.3) is 10.9 Å². The number of hydrogen-bond acceptors (Lipinski definition) is 3. The van der Waals surface area contributed by atoms with Gasteiger partial charge in [0.05, 0.1) is 12.1 Å².